The molecule has 0 N–H and O–H groups in total. The molecule has 0 amide bonds. The highest BCUT2D eigenvalue weighted by Crippen LogP contribution is 1.93. The summed E-state index contributed by atoms with van der Waals surface area (Å²) in [5, 5.41) is 0. The Bertz CT molecular complexity index is 194. The third-order valence-electron chi connectivity index (χ3n) is 1.19. The average Bonchev–Trinajstić information content (AvgIpc) is 1.95. The van der Waals surface area contributed by atoms with E-state index in [0.29, 0.717) is 6.61 Å². The largest absolute Gasteiger partial charge is 0.466 e. The molecule has 0 aromatic carbocycles. The first-order chi connectivity index (χ1) is 5.63. The molecule has 0 saturated carbocycles. The molecule has 0 saturated heterocycles. The molecule has 12 heavy (non-hydrogen) atoms. The summed E-state index contributed by atoms with van der Waals surface area (Å²) >= 11 is 0. The molecule has 0 unspecified atom stereocenters. The van der Waals surface area contributed by atoms with Crippen molar-refractivity contribution in [1.82, 2.24) is 0 Å². The van der Waals surface area contributed by atoms with Crippen molar-refractivity contribution in [3.05, 3.63) is 17.4 Å². The van der Waals surface area contributed by atoms with Gasteiger partial charge in [-0.2, -0.15) is 0 Å². The number of ether oxygens (including phenoxy) is 1. The molecule has 0 heterocycles. The van der Waals surface area contributed by atoms with Gasteiger partial charge in [0.1, 0.15) is 0 Å². The second-order valence-corrected chi connectivity index (χ2v) is 2.83. The fourth-order valence-corrected chi connectivity index (χ4v) is 0.678. The molecule has 68 valence electrons. The van der Waals surface area contributed by atoms with Crippen molar-refractivity contribution in [3.63, 3.8) is 0 Å². The van der Waals surface area contributed by atoms with Crippen LogP contribution in [-0.4, -0.2) is 12.6 Å². The molecule has 0 bridgehead atoms. The van der Waals surface area contributed by atoms with Crippen molar-refractivity contribution in [2.45, 2.75) is 33.6 Å². The van der Waals surface area contributed by atoms with Gasteiger partial charge in [0.25, 0.3) is 0 Å². The molecule has 0 radical (unpaired) electrons. The Hall–Kier alpha value is -1.01. The predicted octanol–water partition coefficient (Wildman–Crippen LogP) is 2.45. The molecule has 0 spiro atoms. The van der Waals surface area contributed by atoms with E-state index in [-0.39, 0.29) is 5.97 Å². The maximum absolute atomic E-state index is 10.3. The van der Waals surface area contributed by atoms with Crippen LogP contribution in [0.15, 0.2) is 17.4 Å². The Morgan fingerprint density at radius 1 is 1.42 bits per heavy atom. The summed E-state index contributed by atoms with van der Waals surface area (Å²) in [7, 11) is 0. The van der Waals surface area contributed by atoms with E-state index in [1.165, 1.54) is 12.5 Å². The lowest BCUT2D eigenvalue weighted by Gasteiger charge is -1.97. The third-order valence-corrected chi connectivity index (χ3v) is 1.19. The summed E-state index contributed by atoms with van der Waals surface area (Å²) in [4.78, 5) is 10.3. The number of hydrogen-bond donors (Lipinski definition) is 0. The molecular weight excluding hydrogens is 152 g/mol. The third kappa shape index (κ3) is 8.99. The van der Waals surface area contributed by atoms with Crippen LogP contribution in [0.1, 0.15) is 33.6 Å². The van der Waals surface area contributed by atoms with E-state index < -0.39 is 0 Å². The Kier molecular flexibility index (Phi) is 6.12. The summed E-state index contributed by atoms with van der Waals surface area (Å²) in [5.74, 6) is -0.207. The lowest BCUT2D eigenvalue weighted by Crippen LogP contribution is -1.99. The zero-order chi connectivity index (χ0) is 9.40. The van der Waals surface area contributed by atoms with E-state index in [0.717, 1.165) is 12.8 Å². The maximum atomic E-state index is 10.3. The van der Waals surface area contributed by atoms with Gasteiger partial charge in [-0.1, -0.05) is 0 Å². The van der Waals surface area contributed by atoms with Gasteiger partial charge in [0.2, 0.25) is 0 Å². The minimum atomic E-state index is -0.207. The Morgan fingerprint density at radius 2 is 2.08 bits per heavy atom. The molecule has 0 aliphatic heterocycles. The zero-order valence-corrected chi connectivity index (χ0v) is 8.02. The van der Waals surface area contributed by atoms with E-state index in [4.69, 9.17) is 4.74 Å². The summed E-state index contributed by atoms with van der Waals surface area (Å²) in [6.45, 7) is 5.94. The second-order valence-electron chi connectivity index (χ2n) is 2.83. The van der Waals surface area contributed by atoms with Crippen LogP contribution in [0.25, 0.3) is 0 Å². The quantitative estimate of drug-likeness (QED) is 0.366. The van der Waals surface area contributed by atoms with E-state index in [2.05, 4.69) is 5.73 Å². The molecule has 2 nitrogen and oxygen atoms in total. The number of carbonyl (C=O) groups is 1. The van der Waals surface area contributed by atoms with Crippen molar-refractivity contribution >= 4 is 5.97 Å². The fraction of sp³-hybridized carbons (Fsp3) is 0.600. The highest BCUT2D eigenvalue weighted by Gasteiger charge is 1.89. The molecule has 0 rings (SSSR count). The van der Waals surface area contributed by atoms with E-state index in [1.807, 2.05) is 19.9 Å². The van der Waals surface area contributed by atoms with Crippen molar-refractivity contribution < 1.29 is 9.53 Å². The number of carbonyl (C=O) groups excluding carboxylic acids is 1. The molecular formula is C10H16O2. The van der Waals surface area contributed by atoms with Gasteiger partial charge in [0.05, 0.1) is 6.61 Å². The average molecular weight is 168 g/mol. The van der Waals surface area contributed by atoms with Gasteiger partial charge >= 0.3 is 5.97 Å². The van der Waals surface area contributed by atoms with Gasteiger partial charge in [-0.15, -0.1) is 5.73 Å². The number of hydrogen-bond acceptors (Lipinski definition) is 2. The zero-order valence-electron chi connectivity index (χ0n) is 8.02. The molecule has 0 aliphatic rings. The number of allylic oxidation sites excluding steroid dienone is 1. The minimum absolute atomic E-state index is 0.207. The first-order valence-electron chi connectivity index (χ1n) is 4.14. The molecule has 2 heteroatoms. The summed E-state index contributed by atoms with van der Waals surface area (Å²) in [6.07, 6.45) is 3.76. The lowest BCUT2D eigenvalue weighted by atomic mass is 10.3. The van der Waals surface area contributed by atoms with Crippen molar-refractivity contribution in [3.8, 4) is 0 Å². The standard InChI is InChI=1S/C10H16O2/c1-9(2)7-5-4-6-8-12-10(3)11/h5H,4,6,8H2,1-3H3. The van der Waals surface area contributed by atoms with Crippen molar-refractivity contribution in [1.29, 1.82) is 0 Å². The minimum Gasteiger partial charge on any atom is -0.466 e. The summed E-state index contributed by atoms with van der Waals surface area (Å²) < 4.78 is 4.76. The number of esters is 1. The Labute approximate surface area is 73.9 Å². The van der Waals surface area contributed by atoms with Crippen LogP contribution in [0.4, 0.5) is 0 Å². The van der Waals surface area contributed by atoms with Crippen LogP contribution < -0.4 is 0 Å². The van der Waals surface area contributed by atoms with Gasteiger partial charge in [0.15, 0.2) is 0 Å². The van der Waals surface area contributed by atoms with Crippen molar-refractivity contribution in [2.24, 2.45) is 0 Å². The van der Waals surface area contributed by atoms with E-state index >= 15 is 0 Å². The van der Waals surface area contributed by atoms with Gasteiger partial charge in [-0.3, -0.25) is 4.79 Å². The van der Waals surface area contributed by atoms with Crippen molar-refractivity contribution in [2.75, 3.05) is 6.61 Å². The number of unbranched alkanes of at least 4 members (excludes halogenated alkanes) is 1. The number of rotatable bonds is 4. The SMILES string of the molecule is CC(=O)OCCCC=C=C(C)C. The van der Waals surface area contributed by atoms with E-state index in [1.54, 1.807) is 0 Å². The first kappa shape index (κ1) is 11.0. The second kappa shape index (κ2) is 6.68. The Balaban J connectivity index is 3.34. The molecule has 0 atom stereocenters. The fourth-order valence-electron chi connectivity index (χ4n) is 0.678. The molecule has 0 fully saturated rings. The van der Waals surface area contributed by atoms with Crippen LogP contribution in [0, 0.1) is 0 Å². The van der Waals surface area contributed by atoms with Crippen LogP contribution in [0.2, 0.25) is 0 Å². The van der Waals surface area contributed by atoms with Crippen LogP contribution >= 0.6 is 0 Å². The maximum Gasteiger partial charge on any atom is 0.302 e. The topological polar surface area (TPSA) is 26.3 Å². The highest BCUT2D eigenvalue weighted by atomic mass is 16.5. The summed E-state index contributed by atoms with van der Waals surface area (Å²) in [5.41, 5.74) is 4.25. The van der Waals surface area contributed by atoms with Crippen LogP contribution in [-0.2, 0) is 9.53 Å². The van der Waals surface area contributed by atoms with Gasteiger partial charge in [0, 0.05) is 6.92 Å². The van der Waals surface area contributed by atoms with Gasteiger partial charge in [-0.05, 0) is 38.3 Å². The Morgan fingerprint density at radius 3 is 2.58 bits per heavy atom. The highest BCUT2D eigenvalue weighted by molar-refractivity contribution is 5.65. The smallest absolute Gasteiger partial charge is 0.302 e. The monoisotopic (exact) mass is 168 g/mol. The van der Waals surface area contributed by atoms with Crippen LogP contribution in [0.5, 0.6) is 0 Å². The van der Waals surface area contributed by atoms with Gasteiger partial charge in [-0.25, -0.2) is 0 Å². The lowest BCUT2D eigenvalue weighted by molar-refractivity contribution is -0.141. The normalized spacial score (nSPS) is 8.58. The van der Waals surface area contributed by atoms with Crippen LogP contribution in [0.3, 0.4) is 0 Å². The van der Waals surface area contributed by atoms with Gasteiger partial charge < -0.3 is 4.74 Å². The predicted molar refractivity (Wildman–Crippen MR) is 48.8 cm³/mol. The summed E-state index contributed by atoms with van der Waals surface area (Å²) in [6, 6.07) is 0. The molecule has 0 aromatic heterocycles. The van der Waals surface area contributed by atoms with E-state index in [9.17, 15) is 4.79 Å². The molecule has 0 aliphatic carbocycles. The first-order valence-corrected chi connectivity index (χ1v) is 4.14. The molecule has 0 aromatic rings.